The summed E-state index contributed by atoms with van der Waals surface area (Å²) < 4.78 is 1.03. The summed E-state index contributed by atoms with van der Waals surface area (Å²) in [5.41, 5.74) is 0. The molecule has 2 unspecified atom stereocenters. The zero-order chi connectivity index (χ0) is 9.97. The SMILES string of the molecule is CC1CCCC1Nc1ccc(Br)cn1. The summed E-state index contributed by atoms with van der Waals surface area (Å²) in [6.45, 7) is 2.31. The van der Waals surface area contributed by atoms with Crippen LogP contribution in [0.15, 0.2) is 22.8 Å². The number of hydrogen-bond donors (Lipinski definition) is 1. The third kappa shape index (κ3) is 2.27. The number of hydrogen-bond acceptors (Lipinski definition) is 2. The largest absolute Gasteiger partial charge is 0.367 e. The monoisotopic (exact) mass is 254 g/mol. The number of pyridine rings is 1. The van der Waals surface area contributed by atoms with Gasteiger partial charge in [0.2, 0.25) is 0 Å². The molecule has 0 radical (unpaired) electrons. The van der Waals surface area contributed by atoms with Crippen molar-refractivity contribution < 1.29 is 0 Å². The molecule has 2 atom stereocenters. The molecule has 1 aromatic rings. The number of anilines is 1. The van der Waals surface area contributed by atoms with Gasteiger partial charge in [-0.05, 0) is 46.8 Å². The molecule has 3 heteroatoms. The Kier molecular flexibility index (Phi) is 3.06. The fourth-order valence-corrected chi connectivity index (χ4v) is 2.25. The Labute approximate surface area is 93.3 Å². The Hall–Kier alpha value is -0.570. The van der Waals surface area contributed by atoms with Crippen molar-refractivity contribution in [3.05, 3.63) is 22.8 Å². The van der Waals surface area contributed by atoms with Gasteiger partial charge in [0.25, 0.3) is 0 Å². The topological polar surface area (TPSA) is 24.9 Å². The van der Waals surface area contributed by atoms with Gasteiger partial charge in [0, 0.05) is 16.7 Å². The first-order chi connectivity index (χ1) is 6.75. The molecule has 1 saturated carbocycles. The second-order valence-electron chi connectivity index (χ2n) is 4.02. The second kappa shape index (κ2) is 4.30. The maximum absolute atomic E-state index is 4.32. The van der Waals surface area contributed by atoms with E-state index in [2.05, 4.69) is 33.2 Å². The number of halogens is 1. The number of nitrogens with zero attached hydrogens (tertiary/aromatic N) is 1. The summed E-state index contributed by atoms with van der Waals surface area (Å²) >= 11 is 3.38. The Balaban J connectivity index is 2.00. The summed E-state index contributed by atoms with van der Waals surface area (Å²) in [5.74, 6) is 1.77. The Bertz CT molecular complexity index is 297. The minimum absolute atomic E-state index is 0.615. The standard InChI is InChI=1S/C11H15BrN2/c1-8-3-2-4-10(8)14-11-6-5-9(12)7-13-11/h5-8,10H,2-4H2,1H3,(H,13,14). The average molecular weight is 255 g/mol. The Morgan fingerprint density at radius 3 is 2.86 bits per heavy atom. The van der Waals surface area contributed by atoms with Gasteiger partial charge in [0.15, 0.2) is 0 Å². The van der Waals surface area contributed by atoms with Gasteiger partial charge in [-0.15, -0.1) is 0 Å². The van der Waals surface area contributed by atoms with Gasteiger partial charge in [-0.1, -0.05) is 13.3 Å². The minimum Gasteiger partial charge on any atom is -0.367 e. The molecular formula is C11H15BrN2. The molecule has 1 fully saturated rings. The lowest BCUT2D eigenvalue weighted by molar-refractivity contribution is 0.555. The lowest BCUT2D eigenvalue weighted by atomic mass is 10.1. The van der Waals surface area contributed by atoms with Crippen LogP contribution in [0.4, 0.5) is 5.82 Å². The lowest BCUT2D eigenvalue weighted by Gasteiger charge is -2.17. The van der Waals surface area contributed by atoms with Gasteiger partial charge in [-0.3, -0.25) is 0 Å². The van der Waals surface area contributed by atoms with Crippen molar-refractivity contribution in [2.45, 2.75) is 32.2 Å². The fourth-order valence-electron chi connectivity index (χ4n) is 2.01. The van der Waals surface area contributed by atoms with Crippen LogP contribution in [0, 0.1) is 5.92 Å². The maximum atomic E-state index is 4.32. The van der Waals surface area contributed by atoms with Crippen LogP contribution in [0.2, 0.25) is 0 Å². The van der Waals surface area contributed by atoms with Crippen LogP contribution >= 0.6 is 15.9 Å². The molecule has 1 heterocycles. The number of nitrogens with one attached hydrogen (secondary N) is 1. The normalized spacial score (nSPS) is 26.4. The molecule has 1 aliphatic carbocycles. The third-order valence-electron chi connectivity index (χ3n) is 2.92. The van der Waals surface area contributed by atoms with Gasteiger partial charge in [-0.25, -0.2) is 4.98 Å². The van der Waals surface area contributed by atoms with E-state index in [1.165, 1.54) is 19.3 Å². The van der Waals surface area contributed by atoms with E-state index in [-0.39, 0.29) is 0 Å². The molecule has 1 aliphatic rings. The number of rotatable bonds is 2. The van der Waals surface area contributed by atoms with Crippen molar-refractivity contribution in [1.29, 1.82) is 0 Å². The van der Waals surface area contributed by atoms with Gasteiger partial charge in [-0.2, -0.15) is 0 Å². The van der Waals surface area contributed by atoms with Crippen molar-refractivity contribution in [2.24, 2.45) is 5.92 Å². The summed E-state index contributed by atoms with van der Waals surface area (Å²) in [6.07, 6.45) is 5.80. The first kappa shape index (κ1) is 9.97. The molecule has 76 valence electrons. The van der Waals surface area contributed by atoms with E-state index >= 15 is 0 Å². The van der Waals surface area contributed by atoms with Crippen LogP contribution in [-0.2, 0) is 0 Å². The van der Waals surface area contributed by atoms with E-state index in [0.717, 1.165) is 16.2 Å². The smallest absolute Gasteiger partial charge is 0.126 e. The van der Waals surface area contributed by atoms with E-state index in [1.807, 2.05) is 18.3 Å². The zero-order valence-corrected chi connectivity index (χ0v) is 9.92. The highest BCUT2D eigenvalue weighted by atomic mass is 79.9. The predicted molar refractivity (Wildman–Crippen MR) is 62.4 cm³/mol. The van der Waals surface area contributed by atoms with E-state index in [4.69, 9.17) is 0 Å². The summed E-state index contributed by atoms with van der Waals surface area (Å²) in [5, 5.41) is 3.49. The molecule has 14 heavy (non-hydrogen) atoms. The van der Waals surface area contributed by atoms with E-state index < -0.39 is 0 Å². The highest BCUT2D eigenvalue weighted by Gasteiger charge is 2.22. The first-order valence-corrected chi connectivity index (χ1v) is 5.93. The van der Waals surface area contributed by atoms with Crippen LogP contribution in [0.1, 0.15) is 26.2 Å². The number of aromatic nitrogens is 1. The van der Waals surface area contributed by atoms with Crippen molar-refractivity contribution in [1.82, 2.24) is 4.98 Å². The highest BCUT2D eigenvalue weighted by molar-refractivity contribution is 9.10. The van der Waals surface area contributed by atoms with Crippen LogP contribution in [0.3, 0.4) is 0 Å². The quantitative estimate of drug-likeness (QED) is 0.875. The first-order valence-electron chi connectivity index (χ1n) is 5.14. The van der Waals surface area contributed by atoms with Crippen LogP contribution in [0.25, 0.3) is 0 Å². The van der Waals surface area contributed by atoms with Crippen molar-refractivity contribution >= 4 is 21.7 Å². The molecule has 0 spiro atoms. The van der Waals surface area contributed by atoms with Gasteiger partial charge >= 0.3 is 0 Å². The summed E-state index contributed by atoms with van der Waals surface area (Å²) in [7, 11) is 0. The summed E-state index contributed by atoms with van der Waals surface area (Å²) in [6, 6.07) is 4.66. The summed E-state index contributed by atoms with van der Waals surface area (Å²) in [4.78, 5) is 4.32. The fraction of sp³-hybridized carbons (Fsp3) is 0.545. The second-order valence-corrected chi connectivity index (χ2v) is 4.94. The Morgan fingerprint density at radius 2 is 2.29 bits per heavy atom. The van der Waals surface area contributed by atoms with E-state index in [0.29, 0.717) is 6.04 Å². The van der Waals surface area contributed by atoms with Gasteiger partial charge < -0.3 is 5.32 Å². The van der Waals surface area contributed by atoms with Crippen molar-refractivity contribution in [2.75, 3.05) is 5.32 Å². The minimum atomic E-state index is 0.615. The molecule has 0 aliphatic heterocycles. The third-order valence-corrected chi connectivity index (χ3v) is 3.39. The molecular weight excluding hydrogens is 240 g/mol. The molecule has 0 amide bonds. The van der Waals surface area contributed by atoms with E-state index in [1.54, 1.807) is 0 Å². The molecule has 1 N–H and O–H groups in total. The van der Waals surface area contributed by atoms with Crippen LogP contribution in [-0.4, -0.2) is 11.0 Å². The van der Waals surface area contributed by atoms with Gasteiger partial charge in [0.05, 0.1) is 0 Å². The molecule has 0 saturated heterocycles. The van der Waals surface area contributed by atoms with Crippen LogP contribution < -0.4 is 5.32 Å². The molecule has 0 bridgehead atoms. The predicted octanol–water partition coefficient (Wildman–Crippen LogP) is 3.44. The van der Waals surface area contributed by atoms with E-state index in [9.17, 15) is 0 Å². The molecule has 2 nitrogen and oxygen atoms in total. The van der Waals surface area contributed by atoms with Crippen molar-refractivity contribution in [3.63, 3.8) is 0 Å². The van der Waals surface area contributed by atoms with Crippen LogP contribution in [0.5, 0.6) is 0 Å². The van der Waals surface area contributed by atoms with Gasteiger partial charge in [0.1, 0.15) is 5.82 Å². The zero-order valence-electron chi connectivity index (χ0n) is 8.33. The average Bonchev–Trinajstić information content (AvgIpc) is 2.56. The highest BCUT2D eigenvalue weighted by Crippen LogP contribution is 2.27. The lowest BCUT2D eigenvalue weighted by Crippen LogP contribution is -2.22. The molecule has 0 aromatic carbocycles. The maximum Gasteiger partial charge on any atom is 0.126 e. The molecule has 1 aromatic heterocycles. The van der Waals surface area contributed by atoms with Crippen molar-refractivity contribution in [3.8, 4) is 0 Å². The Morgan fingerprint density at radius 1 is 1.43 bits per heavy atom. The molecule has 2 rings (SSSR count).